The number of sulfone groups is 1. The maximum Gasteiger partial charge on any atom is 0.338 e. The van der Waals surface area contributed by atoms with Crippen molar-refractivity contribution in [3.8, 4) is 0 Å². The van der Waals surface area contributed by atoms with Crippen molar-refractivity contribution < 1.29 is 22.7 Å². The van der Waals surface area contributed by atoms with Gasteiger partial charge in [-0.25, -0.2) is 18.0 Å². The molecule has 1 heterocycles. The number of benzene rings is 2. The number of halogens is 1. The summed E-state index contributed by atoms with van der Waals surface area (Å²) in [5, 5.41) is 5.54. The van der Waals surface area contributed by atoms with Crippen molar-refractivity contribution in [3.63, 3.8) is 0 Å². The highest BCUT2D eigenvalue weighted by atomic mass is 35.5. The Labute approximate surface area is 180 Å². The molecule has 2 aromatic rings. The molecule has 2 aromatic carbocycles. The van der Waals surface area contributed by atoms with E-state index in [0.29, 0.717) is 10.6 Å². The molecule has 0 saturated carbocycles. The van der Waals surface area contributed by atoms with Crippen LogP contribution in [0.3, 0.4) is 0 Å². The number of carbonyl (C=O) groups excluding carboxylic acids is 2. The van der Waals surface area contributed by atoms with Gasteiger partial charge in [-0.1, -0.05) is 41.4 Å². The maximum atomic E-state index is 13.0. The van der Waals surface area contributed by atoms with Crippen molar-refractivity contribution in [3.05, 3.63) is 76.0 Å². The summed E-state index contributed by atoms with van der Waals surface area (Å²) in [6, 6.07) is 11.5. The maximum absolute atomic E-state index is 13.0. The van der Waals surface area contributed by atoms with Crippen LogP contribution in [0.15, 0.2) is 64.7 Å². The molecule has 0 aliphatic carbocycles. The lowest BCUT2D eigenvalue weighted by molar-refractivity contribution is -0.139. The van der Waals surface area contributed by atoms with Gasteiger partial charge in [0.2, 0.25) is 0 Å². The summed E-state index contributed by atoms with van der Waals surface area (Å²) in [6.45, 7) is 3.58. The summed E-state index contributed by atoms with van der Waals surface area (Å²) < 4.78 is 31.1. The SMILES string of the molecule is CCOC(=O)C1=C(CS(=O)(=O)c2ccc(C)cc2)NC(=O)N[C@@H]1c1cccc(Cl)c1. The molecule has 9 heteroatoms. The Morgan fingerprint density at radius 3 is 2.50 bits per heavy atom. The third kappa shape index (κ3) is 4.83. The first kappa shape index (κ1) is 21.9. The first-order valence-corrected chi connectivity index (χ1v) is 11.3. The van der Waals surface area contributed by atoms with E-state index in [1.165, 1.54) is 12.1 Å². The monoisotopic (exact) mass is 448 g/mol. The van der Waals surface area contributed by atoms with Gasteiger partial charge in [0.05, 0.1) is 28.9 Å². The zero-order valence-corrected chi connectivity index (χ0v) is 18.0. The number of ether oxygens (including phenoxy) is 1. The van der Waals surface area contributed by atoms with E-state index in [9.17, 15) is 18.0 Å². The zero-order chi connectivity index (χ0) is 21.9. The number of amides is 2. The van der Waals surface area contributed by atoms with Gasteiger partial charge in [0.25, 0.3) is 0 Å². The van der Waals surface area contributed by atoms with E-state index in [4.69, 9.17) is 16.3 Å². The van der Waals surface area contributed by atoms with Crippen LogP contribution in [0.25, 0.3) is 0 Å². The number of aryl methyl sites for hydroxylation is 1. The minimum Gasteiger partial charge on any atom is -0.463 e. The lowest BCUT2D eigenvalue weighted by Crippen LogP contribution is -2.47. The van der Waals surface area contributed by atoms with Gasteiger partial charge in [0.1, 0.15) is 0 Å². The minimum atomic E-state index is -3.83. The number of urea groups is 1. The third-order valence-electron chi connectivity index (χ3n) is 4.55. The molecular weight excluding hydrogens is 428 g/mol. The molecule has 7 nitrogen and oxygen atoms in total. The molecule has 0 unspecified atom stereocenters. The smallest absolute Gasteiger partial charge is 0.338 e. The fourth-order valence-corrected chi connectivity index (χ4v) is 4.66. The fourth-order valence-electron chi connectivity index (χ4n) is 3.14. The van der Waals surface area contributed by atoms with Gasteiger partial charge < -0.3 is 15.4 Å². The Balaban J connectivity index is 2.10. The van der Waals surface area contributed by atoms with Crippen molar-refractivity contribution in [2.75, 3.05) is 12.4 Å². The van der Waals surface area contributed by atoms with E-state index >= 15 is 0 Å². The van der Waals surface area contributed by atoms with Gasteiger partial charge in [-0.2, -0.15) is 0 Å². The summed E-state index contributed by atoms with van der Waals surface area (Å²) in [5.41, 5.74) is 1.44. The van der Waals surface area contributed by atoms with Gasteiger partial charge in [0.15, 0.2) is 9.84 Å². The second kappa shape index (κ2) is 8.89. The average Bonchev–Trinajstić information content (AvgIpc) is 2.67. The molecule has 0 fully saturated rings. The highest BCUT2D eigenvalue weighted by Crippen LogP contribution is 2.30. The normalized spacial score (nSPS) is 16.6. The second-order valence-electron chi connectivity index (χ2n) is 6.77. The van der Waals surface area contributed by atoms with Crippen LogP contribution < -0.4 is 10.6 Å². The summed E-state index contributed by atoms with van der Waals surface area (Å²) in [5.74, 6) is -1.28. The van der Waals surface area contributed by atoms with E-state index in [0.717, 1.165) is 5.56 Å². The van der Waals surface area contributed by atoms with Crippen LogP contribution in [0.2, 0.25) is 5.02 Å². The molecule has 1 atom stereocenters. The van der Waals surface area contributed by atoms with Crippen molar-refractivity contribution in [1.29, 1.82) is 0 Å². The van der Waals surface area contributed by atoms with Gasteiger partial charge in [-0.15, -0.1) is 0 Å². The largest absolute Gasteiger partial charge is 0.463 e. The fraction of sp³-hybridized carbons (Fsp3) is 0.238. The molecule has 0 radical (unpaired) electrons. The van der Waals surface area contributed by atoms with Gasteiger partial charge in [0, 0.05) is 10.7 Å². The van der Waals surface area contributed by atoms with Gasteiger partial charge >= 0.3 is 12.0 Å². The van der Waals surface area contributed by atoms with E-state index < -0.39 is 33.6 Å². The number of esters is 1. The van der Waals surface area contributed by atoms with Crippen molar-refractivity contribution in [2.45, 2.75) is 24.8 Å². The van der Waals surface area contributed by atoms with Crippen molar-refractivity contribution in [1.82, 2.24) is 10.6 Å². The first-order chi connectivity index (χ1) is 14.2. The molecule has 30 heavy (non-hydrogen) atoms. The van der Waals surface area contributed by atoms with Crippen LogP contribution in [0.4, 0.5) is 4.79 Å². The molecule has 2 N–H and O–H groups in total. The number of rotatable bonds is 6. The quantitative estimate of drug-likeness (QED) is 0.660. The standard InChI is InChI=1S/C21H21ClN2O5S/c1-3-29-20(25)18-17(12-30(27,28)16-9-7-13(2)8-10-16)23-21(26)24-19(18)14-5-4-6-15(22)11-14/h4-11,19H,3,12H2,1-2H3,(H2,23,24,26)/t19-/m1/s1. The molecule has 3 rings (SSSR count). The highest BCUT2D eigenvalue weighted by Gasteiger charge is 2.35. The van der Waals surface area contributed by atoms with Crippen molar-refractivity contribution in [2.24, 2.45) is 0 Å². The van der Waals surface area contributed by atoms with Crippen LogP contribution in [-0.4, -0.2) is 32.8 Å². The van der Waals surface area contributed by atoms with Gasteiger partial charge in [-0.3, -0.25) is 0 Å². The molecule has 0 saturated heterocycles. The van der Waals surface area contributed by atoms with Crippen molar-refractivity contribution >= 4 is 33.4 Å². The predicted octanol–water partition coefficient (Wildman–Crippen LogP) is 3.29. The number of hydrogen-bond donors (Lipinski definition) is 2. The minimum absolute atomic E-state index is 0.0226. The summed E-state index contributed by atoms with van der Waals surface area (Å²) in [4.78, 5) is 25.1. The third-order valence-corrected chi connectivity index (χ3v) is 6.44. The lowest BCUT2D eigenvalue weighted by Gasteiger charge is -2.29. The Morgan fingerprint density at radius 2 is 1.87 bits per heavy atom. The molecule has 0 aromatic heterocycles. The molecule has 1 aliphatic heterocycles. The number of hydrogen-bond acceptors (Lipinski definition) is 5. The van der Waals surface area contributed by atoms with Crippen LogP contribution in [0.5, 0.6) is 0 Å². The average molecular weight is 449 g/mol. The molecule has 0 bridgehead atoms. The Hall–Kier alpha value is -2.84. The van der Waals surface area contributed by atoms with Crippen LogP contribution in [-0.2, 0) is 19.4 Å². The summed E-state index contributed by atoms with van der Waals surface area (Å²) >= 11 is 6.07. The predicted molar refractivity (Wildman–Crippen MR) is 113 cm³/mol. The molecule has 0 spiro atoms. The molecule has 158 valence electrons. The second-order valence-corrected chi connectivity index (χ2v) is 9.20. The Morgan fingerprint density at radius 1 is 1.17 bits per heavy atom. The Kier molecular flexibility index (Phi) is 6.48. The number of carbonyl (C=O) groups is 2. The number of nitrogens with one attached hydrogen (secondary N) is 2. The summed E-state index contributed by atoms with van der Waals surface area (Å²) in [6.07, 6.45) is 0. The Bertz CT molecular complexity index is 1110. The van der Waals surface area contributed by atoms with E-state index in [-0.39, 0.29) is 22.8 Å². The van der Waals surface area contributed by atoms with Gasteiger partial charge in [-0.05, 0) is 43.7 Å². The molecular formula is C21H21ClN2O5S. The van der Waals surface area contributed by atoms with Crippen LogP contribution >= 0.6 is 11.6 Å². The van der Waals surface area contributed by atoms with E-state index in [1.807, 2.05) is 6.92 Å². The highest BCUT2D eigenvalue weighted by molar-refractivity contribution is 7.91. The molecule has 1 aliphatic rings. The van der Waals surface area contributed by atoms with E-state index in [2.05, 4.69) is 10.6 Å². The topological polar surface area (TPSA) is 102 Å². The van der Waals surface area contributed by atoms with Crippen LogP contribution in [0.1, 0.15) is 24.1 Å². The zero-order valence-electron chi connectivity index (χ0n) is 16.4. The van der Waals surface area contributed by atoms with E-state index in [1.54, 1.807) is 43.3 Å². The lowest BCUT2D eigenvalue weighted by atomic mass is 9.95. The molecule has 2 amide bonds. The summed E-state index contributed by atoms with van der Waals surface area (Å²) in [7, 11) is -3.83. The first-order valence-electron chi connectivity index (χ1n) is 9.24. The van der Waals surface area contributed by atoms with Crippen LogP contribution in [0, 0.1) is 6.92 Å².